The number of carbonyl (C=O) groups is 2. The molecule has 0 fully saturated rings. The molecule has 2 aromatic carbocycles. The molecule has 9 heteroatoms. The fraction of sp³-hybridized carbons (Fsp3) is 0.360. The average molecular weight is 475 g/mol. The second-order valence-electron chi connectivity index (χ2n) is 8.38. The van der Waals surface area contributed by atoms with Crippen LogP contribution in [0, 0.1) is 10.8 Å². The molecule has 9 nitrogen and oxygen atoms in total. The van der Waals surface area contributed by atoms with Crippen LogP contribution in [0.5, 0.6) is 17.2 Å². The van der Waals surface area contributed by atoms with Crippen LogP contribution in [0.25, 0.3) is 12.2 Å². The van der Waals surface area contributed by atoms with Crippen molar-refractivity contribution in [1.29, 1.82) is 0 Å². The first-order valence-corrected chi connectivity index (χ1v) is 10.5. The normalized spacial score (nSPS) is 12.0. The first kappa shape index (κ1) is 27.0. The second-order valence-corrected chi connectivity index (χ2v) is 8.38. The van der Waals surface area contributed by atoms with Crippen molar-refractivity contribution in [2.75, 3.05) is 33.5 Å². The van der Waals surface area contributed by atoms with Crippen molar-refractivity contribution in [3.05, 3.63) is 53.6 Å². The molecule has 0 unspecified atom stereocenters. The summed E-state index contributed by atoms with van der Waals surface area (Å²) >= 11 is 0. The van der Waals surface area contributed by atoms with Crippen LogP contribution in [-0.2, 0) is 9.59 Å². The largest absolute Gasteiger partial charge is 0.497 e. The Hall–Kier alpha value is -3.24. The highest BCUT2D eigenvalue weighted by Crippen LogP contribution is 2.27. The molecule has 0 saturated heterocycles. The Bertz CT molecular complexity index is 1000. The predicted octanol–water partition coefficient (Wildman–Crippen LogP) is 1.66. The molecule has 0 aliphatic carbocycles. The van der Waals surface area contributed by atoms with E-state index in [1.54, 1.807) is 48.6 Å². The summed E-state index contributed by atoms with van der Waals surface area (Å²) < 4.78 is 15.8. The highest BCUT2D eigenvalue weighted by molar-refractivity contribution is 5.80. The van der Waals surface area contributed by atoms with Gasteiger partial charge in [0.15, 0.2) is 0 Å². The van der Waals surface area contributed by atoms with Gasteiger partial charge in [-0.1, -0.05) is 24.3 Å². The van der Waals surface area contributed by atoms with E-state index in [1.807, 2.05) is 0 Å². The Kier molecular flexibility index (Phi) is 9.34. The summed E-state index contributed by atoms with van der Waals surface area (Å²) in [6.07, 6.45) is 3.54. The minimum absolute atomic E-state index is 0.190. The third-order valence-corrected chi connectivity index (χ3v) is 5.29. The van der Waals surface area contributed by atoms with Crippen molar-refractivity contribution in [1.82, 2.24) is 0 Å². The number of methoxy groups -OCH3 is 1. The number of esters is 2. The van der Waals surface area contributed by atoms with Gasteiger partial charge >= 0.3 is 11.9 Å². The van der Waals surface area contributed by atoms with Crippen LogP contribution < -0.4 is 14.2 Å². The van der Waals surface area contributed by atoms with Gasteiger partial charge in [0.1, 0.15) is 28.1 Å². The van der Waals surface area contributed by atoms with Crippen LogP contribution in [-0.4, -0.2) is 65.9 Å². The van der Waals surface area contributed by atoms with Crippen LogP contribution in [0.2, 0.25) is 0 Å². The van der Waals surface area contributed by atoms with E-state index >= 15 is 0 Å². The van der Waals surface area contributed by atoms with E-state index in [0.717, 1.165) is 5.56 Å². The summed E-state index contributed by atoms with van der Waals surface area (Å²) in [6, 6.07) is 11.4. The van der Waals surface area contributed by atoms with Crippen LogP contribution in [0.15, 0.2) is 42.5 Å². The van der Waals surface area contributed by atoms with Crippen molar-refractivity contribution in [3.63, 3.8) is 0 Å². The number of ether oxygens (including phenoxy) is 3. The van der Waals surface area contributed by atoms with E-state index in [0.29, 0.717) is 11.3 Å². The lowest BCUT2D eigenvalue weighted by Gasteiger charge is -2.22. The van der Waals surface area contributed by atoms with Crippen molar-refractivity contribution in [3.8, 4) is 17.2 Å². The summed E-state index contributed by atoms with van der Waals surface area (Å²) in [5.41, 5.74) is -1.39. The smallest absolute Gasteiger partial charge is 0.321 e. The highest BCUT2D eigenvalue weighted by Gasteiger charge is 2.35. The quantitative estimate of drug-likeness (QED) is 0.217. The van der Waals surface area contributed by atoms with Crippen LogP contribution in [0.3, 0.4) is 0 Å². The number of rotatable bonds is 11. The van der Waals surface area contributed by atoms with E-state index in [2.05, 4.69) is 0 Å². The second kappa shape index (κ2) is 11.8. The van der Waals surface area contributed by atoms with Gasteiger partial charge in [-0.3, -0.25) is 9.59 Å². The number of hydrogen-bond acceptors (Lipinski definition) is 9. The molecule has 0 aliphatic heterocycles. The molecule has 0 aromatic heterocycles. The number of hydrogen-bond donors (Lipinski definition) is 4. The molecule has 0 saturated carbocycles. The van der Waals surface area contributed by atoms with E-state index in [4.69, 9.17) is 14.2 Å². The van der Waals surface area contributed by atoms with Crippen molar-refractivity contribution in [2.45, 2.75) is 13.8 Å². The molecule has 0 spiro atoms. The molecule has 0 heterocycles. The maximum atomic E-state index is 12.3. The molecule has 0 aliphatic rings. The van der Waals surface area contributed by atoms with Crippen LogP contribution in [0.4, 0.5) is 0 Å². The standard InChI is InChI=1S/C25H30O9/c1-24(13-26,14-27)22(30)33-19-8-6-17(7-9-19)4-5-18-10-20(32-3)12-21(11-18)34-23(31)25(2,15-28)16-29/h4-12,26-29H,13-16H2,1-3H3. The van der Waals surface area contributed by atoms with Gasteiger partial charge in [0, 0.05) is 6.07 Å². The minimum atomic E-state index is -1.43. The number of carbonyl (C=O) groups excluding carboxylic acids is 2. The maximum absolute atomic E-state index is 12.3. The van der Waals surface area contributed by atoms with Gasteiger partial charge in [-0.15, -0.1) is 0 Å². The zero-order valence-electron chi connectivity index (χ0n) is 19.4. The zero-order valence-corrected chi connectivity index (χ0v) is 19.4. The average Bonchev–Trinajstić information content (AvgIpc) is 2.86. The molecule has 0 amide bonds. The Morgan fingerprint density at radius 3 is 1.62 bits per heavy atom. The van der Waals surface area contributed by atoms with Gasteiger partial charge in [0.25, 0.3) is 0 Å². The lowest BCUT2D eigenvalue weighted by molar-refractivity contribution is -0.150. The number of benzene rings is 2. The molecule has 0 atom stereocenters. The lowest BCUT2D eigenvalue weighted by atomic mass is 9.93. The summed E-state index contributed by atoms with van der Waals surface area (Å²) in [5.74, 6) is -0.614. The van der Waals surface area contributed by atoms with Crippen molar-refractivity contribution in [2.24, 2.45) is 10.8 Å². The Morgan fingerprint density at radius 2 is 1.15 bits per heavy atom. The number of aliphatic hydroxyl groups is 4. The summed E-state index contributed by atoms with van der Waals surface area (Å²) in [5, 5.41) is 37.4. The Balaban J connectivity index is 2.16. The fourth-order valence-electron chi connectivity index (χ4n) is 2.52. The SMILES string of the molecule is COc1cc(C=Cc2ccc(OC(=O)C(C)(CO)CO)cc2)cc(OC(=O)C(C)(CO)CO)c1. The minimum Gasteiger partial charge on any atom is -0.497 e. The van der Waals surface area contributed by atoms with Crippen LogP contribution in [0.1, 0.15) is 25.0 Å². The van der Waals surface area contributed by atoms with Crippen LogP contribution >= 0.6 is 0 Å². The molecule has 0 radical (unpaired) electrons. The maximum Gasteiger partial charge on any atom is 0.321 e. The molecule has 2 aromatic rings. The van der Waals surface area contributed by atoms with Gasteiger partial charge in [-0.25, -0.2) is 0 Å². The molecule has 34 heavy (non-hydrogen) atoms. The van der Waals surface area contributed by atoms with Gasteiger partial charge in [0.05, 0.1) is 33.5 Å². The molecular formula is C25H30O9. The summed E-state index contributed by atoms with van der Waals surface area (Å²) in [4.78, 5) is 24.5. The molecule has 4 N–H and O–H groups in total. The summed E-state index contributed by atoms with van der Waals surface area (Å²) in [7, 11) is 1.47. The first-order valence-electron chi connectivity index (χ1n) is 10.5. The van der Waals surface area contributed by atoms with E-state index in [9.17, 15) is 30.0 Å². The molecular weight excluding hydrogens is 444 g/mol. The monoisotopic (exact) mass is 474 g/mol. The van der Waals surface area contributed by atoms with E-state index in [-0.39, 0.29) is 11.5 Å². The third-order valence-electron chi connectivity index (χ3n) is 5.29. The fourth-order valence-corrected chi connectivity index (χ4v) is 2.52. The zero-order chi connectivity index (χ0) is 25.4. The molecule has 0 bridgehead atoms. The predicted molar refractivity (Wildman–Crippen MR) is 124 cm³/mol. The molecule has 184 valence electrons. The van der Waals surface area contributed by atoms with E-state index in [1.165, 1.54) is 27.0 Å². The molecule has 2 rings (SSSR count). The first-order chi connectivity index (χ1) is 16.1. The van der Waals surface area contributed by atoms with Gasteiger partial charge < -0.3 is 34.6 Å². The topological polar surface area (TPSA) is 143 Å². The third kappa shape index (κ3) is 6.64. The number of aliphatic hydroxyl groups excluding tert-OH is 4. The van der Waals surface area contributed by atoms with Crippen molar-refractivity contribution < 1.29 is 44.2 Å². The van der Waals surface area contributed by atoms with Gasteiger partial charge in [-0.2, -0.15) is 0 Å². The highest BCUT2D eigenvalue weighted by atomic mass is 16.5. The van der Waals surface area contributed by atoms with Crippen molar-refractivity contribution >= 4 is 24.1 Å². The summed E-state index contributed by atoms with van der Waals surface area (Å²) in [6.45, 7) is 0.583. The Labute approximate surface area is 197 Å². The lowest BCUT2D eigenvalue weighted by Crippen LogP contribution is -2.38. The van der Waals surface area contributed by atoms with E-state index < -0.39 is 49.2 Å². The Morgan fingerprint density at radius 1 is 0.706 bits per heavy atom. The van der Waals surface area contributed by atoms with Gasteiger partial charge in [0.2, 0.25) is 0 Å². The van der Waals surface area contributed by atoms with Gasteiger partial charge in [-0.05, 0) is 49.2 Å².